The highest BCUT2D eigenvalue weighted by molar-refractivity contribution is 7.99. The van der Waals surface area contributed by atoms with Crippen LogP contribution in [0.3, 0.4) is 0 Å². The molecule has 0 spiro atoms. The maximum atomic E-state index is 12.1. The number of H-pyrrole nitrogens is 2. The fourth-order valence-electron chi connectivity index (χ4n) is 2.80. The molecule has 1 aliphatic heterocycles. The lowest BCUT2D eigenvalue weighted by atomic mass is 10.2. The number of nitrogens with zero attached hydrogens (tertiary/aromatic N) is 3. The van der Waals surface area contributed by atoms with Crippen molar-refractivity contribution in [3.63, 3.8) is 0 Å². The highest BCUT2D eigenvalue weighted by atomic mass is 32.2. The molecule has 0 atom stereocenters. The quantitative estimate of drug-likeness (QED) is 0.498. The van der Waals surface area contributed by atoms with Gasteiger partial charge in [-0.3, -0.25) is 14.6 Å². The number of piperazine rings is 1. The summed E-state index contributed by atoms with van der Waals surface area (Å²) in [5, 5.41) is 8.43. The third-order valence-corrected chi connectivity index (χ3v) is 6.50. The molecule has 0 aliphatic carbocycles. The van der Waals surface area contributed by atoms with Crippen molar-refractivity contribution in [2.24, 2.45) is 0 Å². The predicted octanol–water partition coefficient (Wildman–Crippen LogP) is -0.729. The van der Waals surface area contributed by atoms with E-state index in [2.05, 4.69) is 20.4 Å². The van der Waals surface area contributed by atoms with E-state index < -0.39 is 21.3 Å². The Morgan fingerprint density at radius 3 is 2.41 bits per heavy atom. The Bertz CT molecular complexity index is 1090. The summed E-state index contributed by atoms with van der Waals surface area (Å²) in [7, 11) is -3.17. The largest absolute Gasteiger partial charge is 0.369 e. The van der Waals surface area contributed by atoms with E-state index in [0.29, 0.717) is 31.9 Å². The van der Waals surface area contributed by atoms with E-state index in [9.17, 15) is 22.8 Å². The zero-order valence-electron chi connectivity index (χ0n) is 15.5. The van der Waals surface area contributed by atoms with Crippen molar-refractivity contribution in [3.05, 3.63) is 45.1 Å². The van der Waals surface area contributed by atoms with Gasteiger partial charge >= 0.3 is 5.69 Å². The molecule has 0 radical (unpaired) electrons. The Balaban J connectivity index is 1.52. The average Bonchev–Trinajstić information content (AvgIpc) is 2.67. The summed E-state index contributed by atoms with van der Waals surface area (Å²) in [6.45, 7) is 2.06. The Hall–Kier alpha value is -2.64. The van der Waals surface area contributed by atoms with Gasteiger partial charge in [-0.25, -0.2) is 18.3 Å². The summed E-state index contributed by atoms with van der Waals surface area (Å²) < 4.78 is 24.6. The van der Waals surface area contributed by atoms with Crippen LogP contribution in [0.5, 0.6) is 0 Å². The van der Waals surface area contributed by atoms with Gasteiger partial charge in [-0.1, -0.05) is 11.8 Å². The molecule has 1 amide bonds. The maximum Gasteiger partial charge on any atom is 0.342 e. The maximum absolute atomic E-state index is 12.1. The number of aromatic nitrogens is 3. The third-order valence-electron chi connectivity index (χ3n) is 4.24. The van der Waals surface area contributed by atoms with Gasteiger partial charge in [0, 0.05) is 37.6 Å². The van der Waals surface area contributed by atoms with E-state index in [1.165, 1.54) is 10.6 Å². The van der Waals surface area contributed by atoms with Crippen LogP contribution in [-0.2, 0) is 14.8 Å². The van der Waals surface area contributed by atoms with Crippen LogP contribution in [0.2, 0.25) is 0 Å². The van der Waals surface area contributed by atoms with Gasteiger partial charge in [0.1, 0.15) is 0 Å². The van der Waals surface area contributed by atoms with Crippen LogP contribution in [0.4, 0.5) is 11.4 Å². The van der Waals surface area contributed by atoms with Crippen LogP contribution in [-0.4, -0.2) is 72.0 Å². The Morgan fingerprint density at radius 1 is 1.17 bits per heavy atom. The first-order chi connectivity index (χ1) is 13.7. The summed E-state index contributed by atoms with van der Waals surface area (Å²) in [5.74, 6) is -0.367. The lowest BCUT2D eigenvalue weighted by Gasteiger charge is -2.34. The Kier molecular flexibility index (Phi) is 6.39. The van der Waals surface area contributed by atoms with Crippen molar-refractivity contribution >= 4 is 39.1 Å². The number of carbonyl (C=O) groups is 1. The van der Waals surface area contributed by atoms with Crippen LogP contribution in [0.1, 0.15) is 0 Å². The molecule has 11 nitrogen and oxygen atoms in total. The number of thioether (sulfide) groups is 1. The molecule has 29 heavy (non-hydrogen) atoms. The molecule has 2 heterocycles. The van der Waals surface area contributed by atoms with Gasteiger partial charge in [-0.15, -0.1) is 0 Å². The van der Waals surface area contributed by atoms with Crippen molar-refractivity contribution < 1.29 is 13.2 Å². The van der Waals surface area contributed by atoms with Gasteiger partial charge in [0.15, 0.2) is 5.03 Å². The molecule has 3 rings (SSSR count). The monoisotopic (exact) mass is 440 g/mol. The van der Waals surface area contributed by atoms with Crippen LogP contribution in [0.25, 0.3) is 0 Å². The van der Waals surface area contributed by atoms with Gasteiger partial charge < -0.3 is 10.2 Å². The lowest BCUT2D eigenvalue weighted by molar-refractivity contribution is -0.113. The average molecular weight is 441 g/mol. The minimum Gasteiger partial charge on any atom is -0.369 e. The molecule has 0 unspecified atom stereocenters. The second kappa shape index (κ2) is 8.80. The Morgan fingerprint density at radius 2 is 1.83 bits per heavy atom. The minimum atomic E-state index is -3.17. The number of benzene rings is 1. The molecule has 156 valence electrons. The van der Waals surface area contributed by atoms with E-state index in [1.807, 2.05) is 17.1 Å². The molecule has 1 saturated heterocycles. The fourth-order valence-corrected chi connectivity index (χ4v) is 4.26. The normalized spacial score (nSPS) is 15.3. The van der Waals surface area contributed by atoms with Crippen LogP contribution in [0.15, 0.2) is 38.9 Å². The number of hydrogen-bond donors (Lipinski definition) is 3. The molecule has 2 aromatic rings. The summed E-state index contributed by atoms with van der Waals surface area (Å²) in [6, 6.07) is 7.22. The first-order valence-electron chi connectivity index (χ1n) is 8.64. The van der Waals surface area contributed by atoms with Crippen LogP contribution >= 0.6 is 11.8 Å². The Labute approximate surface area is 170 Å². The number of hydrogen-bond acceptors (Lipinski definition) is 8. The number of amides is 1. The summed E-state index contributed by atoms with van der Waals surface area (Å²) in [4.78, 5) is 38.7. The number of anilines is 2. The van der Waals surface area contributed by atoms with Crippen LogP contribution < -0.4 is 21.5 Å². The van der Waals surface area contributed by atoms with Crippen molar-refractivity contribution in [1.82, 2.24) is 19.5 Å². The third kappa shape index (κ3) is 5.68. The zero-order chi connectivity index (χ0) is 21.0. The van der Waals surface area contributed by atoms with Crippen molar-refractivity contribution in [3.8, 4) is 0 Å². The van der Waals surface area contributed by atoms with Crippen molar-refractivity contribution in [2.75, 3.05) is 48.4 Å². The van der Waals surface area contributed by atoms with Crippen LogP contribution in [0, 0.1) is 0 Å². The number of aromatic amines is 2. The molecular weight excluding hydrogens is 420 g/mol. The van der Waals surface area contributed by atoms with Crippen molar-refractivity contribution in [2.45, 2.75) is 5.03 Å². The summed E-state index contributed by atoms with van der Waals surface area (Å²) in [5.41, 5.74) is 0.181. The molecular formula is C16H20N6O5S2. The molecule has 1 aromatic carbocycles. The fraction of sp³-hybridized carbons (Fsp3) is 0.375. The van der Waals surface area contributed by atoms with Gasteiger partial charge in [-0.2, -0.15) is 9.40 Å². The molecule has 1 aromatic heterocycles. The molecule has 1 fully saturated rings. The molecule has 1 aliphatic rings. The van der Waals surface area contributed by atoms with E-state index in [-0.39, 0.29) is 16.7 Å². The van der Waals surface area contributed by atoms with Gasteiger partial charge in [0.2, 0.25) is 15.9 Å². The standard InChI is InChI=1S/C16H20N6O5S2/c1-29(26,27)22-8-6-21(7-9-22)12-4-2-11(3-5-12)17-13(23)10-28-15-14(24)18-16(25)20-19-15/h2-5H,6-10H2,1H3,(H,17,23)(H2,18,20,24,25). The number of rotatable bonds is 6. The van der Waals surface area contributed by atoms with E-state index >= 15 is 0 Å². The number of nitrogens with one attached hydrogen (secondary N) is 3. The molecule has 0 bridgehead atoms. The number of carbonyl (C=O) groups excluding carboxylic acids is 1. The van der Waals surface area contributed by atoms with Gasteiger partial charge in [0.25, 0.3) is 5.56 Å². The highest BCUT2D eigenvalue weighted by Gasteiger charge is 2.23. The first-order valence-corrected chi connectivity index (χ1v) is 11.5. The van der Waals surface area contributed by atoms with Gasteiger partial charge in [0.05, 0.1) is 12.0 Å². The second-order valence-corrected chi connectivity index (χ2v) is 9.29. The summed E-state index contributed by atoms with van der Waals surface area (Å²) >= 11 is 0.912. The molecule has 13 heteroatoms. The zero-order valence-corrected chi connectivity index (χ0v) is 17.2. The lowest BCUT2D eigenvalue weighted by Crippen LogP contribution is -2.48. The van der Waals surface area contributed by atoms with E-state index in [4.69, 9.17) is 0 Å². The smallest absolute Gasteiger partial charge is 0.342 e. The number of sulfonamides is 1. The molecule has 0 saturated carbocycles. The van der Waals surface area contributed by atoms with E-state index in [0.717, 1.165) is 17.4 Å². The molecule has 3 N–H and O–H groups in total. The minimum absolute atomic E-state index is 0.00309. The topological polar surface area (TPSA) is 148 Å². The first kappa shape index (κ1) is 21.1. The summed E-state index contributed by atoms with van der Waals surface area (Å²) in [6.07, 6.45) is 1.21. The second-order valence-electron chi connectivity index (χ2n) is 6.34. The SMILES string of the molecule is CS(=O)(=O)N1CCN(c2ccc(NC(=O)CSc3n[nH]c(=O)[nH]c3=O)cc2)CC1. The van der Waals surface area contributed by atoms with Gasteiger partial charge in [-0.05, 0) is 24.3 Å². The van der Waals surface area contributed by atoms with Crippen molar-refractivity contribution in [1.29, 1.82) is 0 Å². The predicted molar refractivity (Wildman–Crippen MR) is 110 cm³/mol. The highest BCUT2D eigenvalue weighted by Crippen LogP contribution is 2.20. The van der Waals surface area contributed by atoms with E-state index in [1.54, 1.807) is 12.1 Å².